The first-order valence-corrected chi connectivity index (χ1v) is 23.2. The fourth-order valence-corrected chi connectivity index (χ4v) is 10.3. The van der Waals surface area contributed by atoms with Gasteiger partial charge in [0.15, 0.2) is 17.5 Å². The number of furan rings is 2. The third kappa shape index (κ3) is 6.38. The molecule has 322 valence electrons. The summed E-state index contributed by atoms with van der Waals surface area (Å²) < 4.78 is 16.0. The van der Waals surface area contributed by atoms with Gasteiger partial charge in [0, 0.05) is 49.2 Å². The summed E-state index contributed by atoms with van der Waals surface area (Å²) in [5.74, 6) is 1.70. The molecular formula is C63H38N4O2. The van der Waals surface area contributed by atoms with Crippen LogP contribution in [0.15, 0.2) is 239 Å². The second-order valence-corrected chi connectivity index (χ2v) is 17.5. The number of hydrogen-bond donors (Lipinski definition) is 0. The highest BCUT2D eigenvalue weighted by atomic mass is 16.3. The van der Waals surface area contributed by atoms with Gasteiger partial charge in [-0.2, -0.15) is 0 Å². The van der Waals surface area contributed by atoms with Crippen LogP contribution in [-0.4, -0.2) is 19.5 Å². The van der Waals surface area contributed by atoms with Crippen molar-refractivity contribution in [3.05, 3.63) is 231 Å². The van der Waals surface area contributed by atoms with Gasteiger partial charge in [-0.3, -0.25) is 0 Å². The summed E-state index contributed by atoms with van der Waals surface area (Å²) in [5, 5.41) is 6.41. The monoisotopic (exact) mass is 882 g/mol. The van der Waals surface area contributed by atoms with Crippen LogP contribution in [0.5, 0.6) is 0 Å². The molecule has 0 aliphatic rings. The molecule has 0 radical (unpaired) electrons. The van der Waals surface area contributed by atoms with Crippen LogP contribution in [0.4, 0.5) is 0 Å². The van der Waals surface area contributed by atoms with E-state index in [9.17, 15) is 0 Å². The van der Waals surface area contributed by atoms with E-state index in [2.05, 4.69) is 180 Å². The maximum absolute atomic E-state index is 6.83. The van der Waals surface area contributed by atoms with Gasteiger partial charge in [0.2, 0.25) is 0 Å². The third-order valence-electron chi connectivity index (χ3n) is 13.5. The fourth-order valence-electron chi connectivity index (χ4n) is 10.3. The zero-order valence-electron chi connectivity index (χ0n) is 37.0. The molecule has 0 atom stereocenters. The lowest BCUT2D eigenvalue weighted by atomic mass is 9.93. The maximum atomic E-state index is 6.83. The van der Waals surface area contributed by atoms with Gasteiger partial charge in [0.05, 0.1) is 22.1 Å². The topological polar surface area (TPSA) is 69.9 Å². The van der Waals surface area contributed by atoms with E-state index in [1.807, 2.05) is 54.6 Å². The molecule has 0 fully saturated rings. The van der Waals surface area contributed by atoms with Crippen molar-refractivity contribution in [1.82, 2.24) is 19.5 Å². The SMILES string of the molecule is c1ccc(-c2ccc(-c3nc(-c4ccccc4)nc(-c4cc(-c5ccc6oc7ccccc7c6c5-n5c6ccccc6c6cc(-c7ccccc7)ccc65)c5c(c4)oc4ccccc45)n3)cc2)cc1. The lowest BCUT2D eigenvalue weighted by Crippen LogP contribution is -2.01. The number of benzene rings is 10. The van der Waals surface area contributed by atoms with Crippen LogP contribution in [0.2, 0.25) is 0 Å². The van der Waals surface area contributed by atoms with Crippen LogP contribution in [-0.2, 0) is 0 Å². The Hall–Kier alpha value is -9.39. The van der Waals surface area contributed by atoms with Gasteiger partial charge in [-0.05, 0) is 82.4 Å². The Labute approximate surface area is 396 Å². The summed E-state index contributed by atoms with van der Waals surface area (Å²) in [6.45, 7) is 0. The summed E-state index contributed by atoms with van der Waals surface area (Å²) in [6.07, 6.45) is 0. The Morgan fingerprint density at radius 3 is 1.43 bits per heavy atom. The van der Waals surface area contributed by atoms with E-state index in [-0.39, 0.29) is 0 Å². The molecule has 0 N–H and O–H groups in total. The van der Waals surface area contributed by atoms with E-state index >= 15 is 0 Å². The van der Waals surface area contributed by atoms with Gasteiger partial charge < -0.3 is 13.4 Å². The number of rotatable bonds is 7. The van der Waals surface area contributed by atoms with Crippen LogP contribution < -0.4 is 0 Å². The minimum Gasteiger partial charge on any atom is -0.456 e. The van der Waals surface area contributed by atoms with E-state index in [0.29, 0.717) is 17.5 Å². The Kier molecular flexibility index (Phi) is 8.79. The van der Waals surface area contributed by atoms with Gasteiger partial charge in [0.25, 0.3) is 0 Å². The highest BCUT2D eigenvalue weighted by Gasteiger charge is 2.26. The molecule has 0 spiro atoms. The lowest BCUT2D eigenvalue weighted by Gasteiger charge is -2.17. The zero-order valence-corrected chi connectivity index (χ0v) is 37.0. The first-order valence-electron chi connectivity index (χ1n) is 23.2. The van der Waals surface area contributed by atoms with Crippen molar-refractivity contribution < 1.29 is 8.83 Å². The lowest BCUT2D eigenvalue weighted by molar-refractivity contribution is 0.669. The molecular weight excluding hydrogens is 845 g/mol. The predicted molar refractivity (Wildman–Crippen MR) is 281 cm³/mol. The Bertz CT molecular complexity index is 4290. The Balaban J connectivity index is 1.06. The molecule has 14 aromatic rings. The Morgan fingerprint density at radius 2 is 0.754 bits per heavy atom. The summed E-state index contributed by atoms with van der Waals surface area (Å²) >= 11 is 0. The molecule has 0 unspecified atom stereocenters. The van der Waals surface area contributed by atoms with Gasteiger partial charge in [0.1, 0.15) is 22.3 Å². The first-order chi connectivity index (χ1) is 34.2. The standard InChI is InChI=1S/C63H38N4O2/c1-4-16-39(17-5-1)41-28-30-43(31-29-41)62-64-61(42-20-8-3-9-21-42)65-63(66-62)45-37-51(58-48-23-11-14-26-54(48)69-57(58)38-45)47-33-35-56-59(49-24-12-15-27-55(49)68-56)60(47)67-52-25-13-10-22-46(52)50-36-44(32-34-53(50)67)40-18-6-2-7-19-40/h1-38H. The molecule has 69 heavy (non-hydrogen) atoms. The van der Waals surface area contributed by atoms with Crippen molar-refractivity contribution in [3.63, 3.8) is 0 Å². The average molecular weight is 883 g/mol. The molecule has 14 rings (SSSR count). The van der Waals surface area contributed by atoms with E-state index in [0.717, 1.165) is 110 Å². The molecule has 6 heteroatoms. The number of nitrogens with zero attached hydrogens (tertiary/aromatic N) is 4. The highest BCUT2D eigenvalue weighted by Crippen LogP contribution is 2.48. The van der Waals surface area contributed by atoms with Gasteiger partial charge in [-0.1, -0.05) is 176 Å². The molecule has 0 saturated carbocycles. The largest absolute Gasteiger partial charge is 0.456 e. The summed E-state index contributed by atoms with van der Waals surface area (Å²) in [4.78, 5) is 15.6. The quantitative estimate of drug-likeness (QED) is 0.159. The fraction of sp³-hybridized carbons (Fsp3) is 0. The molecule has 4 heterocycles. The number of aromatic nitrogens is 4. The van der Waals surface area contributed by atoms with Crippen molar-refractivity contribution >= 4 is 65.7 Å². The van der Waals surface area contributed by atoms with Crippen LogP contribution in [0, 0.1) is 0 Å². The molecule has 0 saturated heterocycles. The molecule has 0 bridgehead atoms. The minimum atomic E-state index is 0.538. The molecule has 0 aliphatic carbocycles. The summed E-state index contributed by atoms with van der Waals surface area (Å²) in [7, 11) is 0. The molecule has 6 nitrogen and oxygen atoms in total. The first kappa shape index (κ1) is 38.8. The summed E-state index contributed by atoms with van der Waals surface area (Å²) in [5.41, 5.74) is 15.5. The van der Waals surface area contributed by atoms with E-state index < -0.39 is 0 Å². The second-order valence-electron chi connectivity index (χ2n) is 17.5. The van der Waals surface area contributed by atoms with Crippen LogP contribution in [0.25, 0.3) is 139 Å². The van der Waals surface area contributed by atoms with E-state index in [4.69, 9.17) is 23.8 Å². The van der Waals surface area contributed by atoms with Crippen LogP contribution >= 0.6 is 0 Å². The van der Waals surface area contributed by atoms with Gasteiger partial charge in [-0.15, -0.1) is 0 Å². The zero-order chi connectivity index (χ0) is 45.4. The third-order valence-corrected chi connectivity index (χ3v) is 13.5. The average Bonchev–Trinajstić information content (AvgIpc) is 4.11. The number of fused-ring (bicyclic) bond motifs is 9. The second kappa shape index (κ2) is 15.6. The van der Waals surface area contributed by atoms with Crippen LogP contribution in [0.1, 0.15) is 0 Å². The van der Waals surface area contributed by atoms with Crippen molar-refractivity contribution in [3.8, 4) is 73.2 Å². The summed E-state index contributed by atoms with van der Waals surface area (Å²) in [6, 6.07) is 80.4. The van der Waals surface area contributed by atoms with Gasteiger partial charge >= 0.3 is 0 Å². The smallest absolute Gasteiger partial charge is 0.164 e. The molecule has 0 aliphatic heterocycles. The van der Waals surface area contributed by atoms with Crippen molar-refractivity contribution in [2.75, 3.05) is 0 Å². The van der Waals surface area contributed by atoms with E-state index in [1.165, 1.54) is 10.9 Å². The molecule has 10 aromatic carbocycles. The Morgan fingerprint density at radius 1 is 0.275 bits per heavy atom. The molecule has 4 aromatic heterocycles. The number of hydrogen-bond acceptors (Lipinski definition) is 5. The normalized spacial score (nSPS) is 11.8. The number of para-hydroxylation sites is 3. The van der Waals surface area contributed by atoms with Crippen molar-refractivity contribution in [2.45, 2.75) is 0 Å². The van der Waals surface area contributed by atoms with Crippen LogP contribution in [0.3, 0.4) is 0 Å². The maximum Gasteiger partial charge on any atom is 0.164 e. The minimum absolute atomic E-state index is 0.538. The van der Waals surface area contributed by atoms with Crippen molar-refractivity contribution in [2.24, 2.45) is 0 Å². The molecule has 0 amide bonds. The van der Waals surface area contributed by atoms with Crippen molar-refractivity contribution in [1.29, 1.82) is 0 Å². The predicted octanol–water partition coefficient (Wildman–Crippen LogP) is 16.8. The van der Waals surface area contributed by atoms with E-state index in [1.54, 1.807) is 0 Å². The highest BCUT2D eigenvalue weighted by molar-refractivity contribution is 6.20. The van der Waals surface area contributed by atoms with Gasteiger partial charge in [-0.25, -0.2) is 15.0 Å².